The van der Waals surface area contributed by atoms with E-state index in [1.54, 1.807) is 0 Å². The van der Waals surface area contributed by atoms with Gasteiger partial charge < -0.3 is 15.7 Å². The van der Waals surface area contributed by atoms with Crippen LogP contribution in [0.25, 0.3) is 0 Å². The number of nitrogens with one attached hydrogen (secondary N) is 2. The molecule has 1 atom stereocenters. The SMILES string of the molecule is CCCCC(CCO)NCCCc1ccc(Cl)c(C(=O)NCC23CCCC(CCC2)C3)c1.[CH2]. The van der Waals surface area contributed by atoms with Gasteiger partial charge in [-0.25, -0.2) is 0 Å². The summed E-state index contributed by atoms with van der Waals surface area (Å²) in [6.45, 7) is 4.14. The maximum atomic E-state index is 13.0. The smallest absolute Gasteiger partial charge is 0.252 e. The van der Waals surface area contributed by atoms with Crippen molar-refractivity contribution in [3.05, 3.63) is 41.8 Å². The van der Waals surface area contributed by atoms with E-state index >= 15 is 0 Å². The standard InChI is InChI=1S/C27H43ClN2O2.CH2/c1-2-3-10-23(13-17-31)29-16-6-9-21-11-12-25(28)24(18-21)26(32)30-20-27-14-4-7-22(19-27)8-5-15-27;/h11-12,18,22-23,29,31H,2-10,13-17,19-20H2,1H3,(H,30,32);1H2. The lowest BCUT2D eigenvalue weighted by molar-refractivity contribution is 0.0681. The molecule has 2 bridgehead atoms. The van der Waals surface area contributed by atoms with Crippen molar-refractivity contribution in [2.75, 3.05) is 19.7 Å². The molecule has 0 saturated heterocycles. The third-order valence-corrected chi connectivity index (χ3v) is 8.05. The highest BCUT2D eigenvalue weighted by Crippen LogP contribution is 2.48. The van der Waals surface area contributed by atoms with Gasteiger partial charge in [-0.3, -0.25) is 4.79 Å². The first-order chi connectivity index (χ1) is 15.5. The highest BCUT2D eigenvalue weighted by atomic mass is 35.5. The van der Waals surface area contributed by atoms with E-state index < -0.39 is 0 Å². The molecule has 0 spiro atoms. The Hall–Kier alpha value is -1.10. The lowest BCUT2D eigenvalue weighted by Gasteiger charge is -2.45. The number of fused-ring (bicyclic) bond motifs is 2. The van der Waals surface area contributed by atoms with Gasteiger partial charge in [0.1, 0.15) is 0 Å². The Bertz CT molecular complexity index is 714. The molecule has 0 aromatic heterocycles. The van der Waals surface area contributed by atoms with Gasteiger partial charge in [-0.05, 0) is 80.5 Å². The van der Waals surface area contributed by atoms with Gasteiger partial charge in [0.15, 0.2) is 0 Å². The van der Waals surface area contributed by atoms with Crippen LogP contribution in [-0.2, 0) is 6.42 Å². The zero-order chi connectivity index (χ0) is 22.8. The number of aliphatic hydroxyl groups is 1. The summed E-state index contributed by atoms with van der Waals surface area (Å²) in [4.78, 5) is 13.0. The summed E-state index contributed by atoms with van der Waals surface area (Å²) < 4.78 is 0. The fraction of sp³-hybridized carbons (Fsp3) is 0.714. The Morgan fingerprint density at radius 3 is 2.67 bits per heavy atom. The number of amides is 1. The van der Waals surface area contributed by atoms with Gasteiger partial charge in [-0.2, -0.15) is 0 Å². The number of halogens is 1. The number of rotatable bonds is 13. The van der Waals surface area contributed by atoms with Crippen LogP contribution in [0.1, 0.15) is 99.9 Å². The maximum absolute atomic E-state index is 13.0. The molecular weight excluding hydrogens is 432 g/mol. The minimum atomic E-state index is -0.0281. The zero-order valence-corrected chi connectivity index (χ0v) is 21.4. The Balaban J connectivity index is 0.00000385. The van der Waals surface area contributed by atoms with E-state index in [9.17, 15) is 9.90 Å². The molecule has 5 heteroatoms. The van der Waals surface area contributed by atoms with E-state index in [1.165, 1.54) is 57.8 Å². The van der Waals surface area contributed by atoms with Crippen LogP contribution >= 0.6 is 11.6 Å². The molecule has 2 saturated carbocycles. The molecule has 4 nitrogen and oxygen atoms in total. The van der Waals surface area contributed by atoms with Crippen LogP contribution in [0.5, 0.6) is 0 Å². The Labute approximate surface area is 207 Å². The maximum Gasteiger partial charge on any atom is 0.252 e. The monoisotopic (exact) mass is 476 g/mol. The molecule has 33 heavy (non-hydrogen) atoms. The first kappa shape index (κ1) is 28.1. The number of carbonyl (C=O) groups is 1. The molecule has 1 aromatic rings. The van der Waals surface area contributed by atoms with Crippen molar-refractivity contribution in [2.45, 2.75) is 96.4 Å². The van der Waals surface area contributed by atoms with E-state index in [-0.39, 0.29) is 19.9 Å². The molecule has 3 N–H and O–H groups in total. The molecule has 2 aliphatic carbocycles. The summed E-state index contributed by atoms with van der Waals surface area (Å²) in [6.07, 6.45) is 15.4. The first-order valence-electron chi connectivity index (χ1n) is 13.0. The molecule has 2 fully saturated rings. The average molecular weight is 477 g/mol. The second-order valence-corrected chi connectivity index (χ2v) is 10.7. The summed E-state index contributed by atoms with van der Waals surface area (Å²) in [6, 6.07) is 6.27. The molecular formula is C28H45ClN2O2. The van der Waals surface area contributed by atoms with Gasteiger partial charge in [-0.15, -0.1) is 0 Å². The van der Waals surface area contributed by atoms with Crippen LogP contribution in [0.15, 0.2) is 18.2 Å². The summed E-state index contributed by atoms with van der Waals surface area (Å²) >= 11 is 6.40. The number of aryl methyl sites for hydroxylation is 1. The van der Waals surface area contributed by atoms with E-state index in [0.717, 1.165) is 50.3 Å². The number of aliphatic hydroxyl groups excluding tert-OH is 1. The molecule has 2 radical (unpaired) electrons. The van der Waals surface area contributed by atoms with Crippen LogP contribution in [0, 0.1) is 18.8 Å². The van der Waals surface area contributed by atoms with Crippen molar-refractivity contribution < 1.29 is 9.90 Å². The van der Waals surface area contributed by atoms with Gasteiger partial charge in [0, 0.05) is 19.2 Å². The highest BCUT2D eigenvalue weighted by Gasteiger charge is 2.39. The van der Waals surface area contributed by atoms with E-state index in [1.807, 2.05) is 18.2 Å². The topological polar surface area (TPSA) is 61.4 Å². The normalized spacial score (nSPS) is 22.9. The summed E-state index contributed by atoms with van der Waals surface area (Å²) in [5, 5.41) is 16.6. The Morgan fingerprint density at radius 1 is 1.21 bits per heavy atom. The predicted octanol–water partition coefficient (Wildman–Crippen LogP) is 6.22. The number of unbranched alkanes of at least 4 members (excludes halogenated alkanes) is 1. The van der Waals surface area contributed by atoms with E-state index in [0.29, 0.717) is 22.0 Å². The molecule has 2 aliphatic rings. The minimum absolute atomic E-state index is 0. The average Bonchev–Trinajstić information content (AvgIpc) is 2.79. The minimum Gasteiger partial charge on any atom is -0.396 e. The van der Waals surface area contributed by atoms with Crippen molar-refractivity contribution in [1.29, 1.82) is 0 Å². The van der Waals surface area contributed by atoms with Crippen molar-refractivity contribution in [2.24, 2.45) is 11.3 Å². The van der Waals surface area contributed by atoms with Gasteiger partial charge in [0.25, 0.3) is 5.91 Å². The molecule has 1 unspecified atom stereocenters. The van der Waals surface area contributed by atoms with Gasteiger partial charge in [0.05, 0.1) is 10.6 Å². The number of benzene rings is 1. The third-order valence-electron chi connectivity index (χ3n) is 7.72. The zero-order valence-electron chi connectivity index (χ0n) is 20.6. The van der Waals surface area contributed by atoms with Crippen LogP contribution in [-0.4, -0.2) is 36.8 Å². The van der Waals surface area contributed by atoms with Crippen LogP contribution in [0.4, 0.5) is 0 Å². The van der Waals surface area contributed by atoms with Crippen molar-refractivity contribution in [3.63, 3.8) is 0 Å². The largest absolute Gasteiger partial charge is 0.396 e. The Morgan fingerprint density at radius 2 is 1.97 bits per heavy atom. The molecule has 0 heterocycles. The summed E-state index contributed by atoms with van der Waals surface area (Å²) in [5.41, 5.74) is 2.08. The van der Waals surface area contributed by atoms with Crippen LogP contribution in [0.3, 0.4) is 0 Å². The molecule has 1 aromatic carbocycles. The second-order valence-electron chi connectivity index (χ2n) is 10.3. The van der Waals surface area contributed by atoms with E-state index in [4.69, 9.17) is 11.6 Å². The lowest BCUT2D eigenvalue weighted by atomic mass is 9.62. The number of carbonyl (C=O) groups excluding carboxylic acids is 1. The lowest BCUT2D eigenvalue weighted by Crippen LogP contribution is -2.43. The summed E-state index contributed by atoms with van der Waals surface area (Å²) in [7, 11) is 0. The first-order valence-corrected chi connectivity index (χ1v) is 13.3. The van der Waals surface area contributed by atoms with Crippen LogP contribution in [0.2, 0.25) is 5.02 Å². The predicted molar refractivity (Wildman–Crippen MR) is 139 cm³/mol. The fourth-order valence-electron chi connectivity index (χ4n) is 5.89. The van der Waals surface area contributed by atoms with Crippen molar-refractivity contribution in [1.82, 2.24) is 10.6 Å². The van der Waals surface area contributed by atoms with Crippen molar-refractivity contribution in [3.8, 4) is 0 Å². The molecule has 0 aliphatic heterocycles. The number of hydrogen-bond acceptors (Lipinski definition) is 3. The quantitative estimate of drug-likeness (QED) is 0.296. The van der Waals surface area contributed by atoms with Crippen LogP contribution < -0.4 is 10.6 Å². The molecule has 186 valence electrons. The Kier molecular flexibility index (Phi) is 12.2. The molecule has 1 amide bonds. The van der Waals surface area contributed by atoms with Gasteiger partial charge >= 0.3 is 0 Å². The fourth-order valence-corrected chi connectivity index (χ4v) is 6.09. The summed E-state index contributed by atoms with van der Waals surface area (Å²) in [5.74, 6) is 0.841. The second kappa shape index (κ2) is 14.3. The highest BCUT2D eigenvalue weighted by molar-refractivity contribution is 6.33. The van der Waals surface area contributed by atoms with E-state index in [2.05, 4.69) is 17.6 Å². The third kappa shape index (κ3) is 8.56. The van der Waals surface area contributed by atoms with Crippen molar-refractivity contribution >= 4 is 17.5 Å². The van der Waals surface area contributed by atoms with Gasteiger partial charge in [0.2, 0.25) is 0 Å². The van der Waals surface area contributed by atoms with Gasteiger partial charge in [-0.1, -0.05) is 70.5 Å². The number of hydrogen-bond donors (Lipinski definition) is 3. The molecule has 3 rings (SSSR count).